The lowest BCUT2D eigenvalue weighted by Gasteiger charge is -2.26. The number of carboxylic acid groups (broad SMARTS) is 1. The maximum atomic E-state index is 13.3. The van der Waals surface area contributed by atoms with Gasteiger partial charge in [0, 0.05) is 12.8 Å². The molecule has 0 fully saturated rings. The predicted molar refractivity (Wildman–Crippen MR) is 144 cm³/mol. The van der Waals surface area contributed by atoms with E-state index in [1.165, 1.54) is 23.9 Å². The molecule has 1 aromatic carbocycles. The van der Waals surface area contributed by atoms with Crippen LogP contribution < -0.4 is 27.4 Å². The van der Waals surface area contributed by atoms with Crippen LogP contribution in [0.1, 0.15) is 45.1 Å². The highest BCUT2D eigenvalue weighted by atomic mass is 32.2. The fraction of sp³-hybridized carbons (Fsp3) is 0.560. The van der Waals surface area contributed by atoms with Crippen molar-refractivity contribution in [3.05, 3.63) is 29.8 Å². The monoisotopic (exact) mass is 553 g/mol. The summed E-state index contributed by atoms with van der Waals surface area (Å²) in [5.41, 5.74) is 11.8. The Balaban J connectivity index is 3.13. The molecule has 38 heavy (non-hydrogen) atoms. The van der Waals surface area contributed by atoms with Gasteiger partial charge in [0.25, 0.3) is 0 Å². The maximum Gasteiger partial charge on any atom is 0.326 e. The molecular formula is C25H39N5O7S. The molecule has 4 amide bonds. The lowest BCUT2D eigenvalue weighted by molar-refractivity contribution is -0.142. The van der Waals surface area contributed by atoms with Crippen LogP contribution in [0.25, 0.3) is 0 Å². The van der Waals surface area contributed by atoms with E-state index in [1.54, 1.807) is 12.1 Å². The molecule has 0 aliphatic carbocycles. The molecule has 5 atom stereocenters. The molecule has 212 valence electrons. The average Bonchev–Trinajstić information content (AvgIpc) is 2.87. The Morgan fingerprint density at radius 3 is 2.00 bits per heavy atom. The lowest BCUT2D eigenvalue weighted by Crippen LogP contribution is -2.58. The Kier molecular flexibility index (Phi) is 14.2. The van der Waals surface area contributed by atoms with Crippen LogP contribution in [0.5, 0.6) is 5.75 Å². The highest BCUT2D eigenvalue weighted by molar-refractivity contribution is 7.98. The first-order valence-corrected chi connectivity index (χ1v) is 13.7. The summed E-state index contributed by atoms with van der Waals surface area (Å²) in [5.74, 6) is -3.60. The number of phenols is 1. The molecule has 0 radical (unpaired) electrons. The molecule has 0 aliphatic rings. The summed E-state index contributed by atoms with van der Waals surface area (Å²) in [6.45, 7) is 3.71. The standard InChI is InChI=1S/C25H39N5O7S/c1-4-14(2)21(27)24(35)30-19(13-15-5-7-16(31)8-6-15)23(34)28-17(11-12-38-3)22(33)29-18(25(36)37)9-10-20(26)32/h5-8,14,17-19,21,31H,4,9-13,27H2,1-3H3,(H2,26,32)(H,28,34)(H,29,33)(H,30,35)(H,36,37). The Morgan fingerprint density at radius 1 is 0.921 bits per heavy atom. The van der Waals surface area contributed by atoms with Crippen LogP contribution in [-0.4, -0.2) is 76.0 Å². The zero-order chi connectivity index (χ0) is 28.8. The van der Waals surface area contributed by atoms with Gasteiger partial charge in [-0.3, -0.25) is 19.2 Å². The number of thioether (sulfide) groups is 1. The molecule has 0 saturated heterocycles. The second-order valence-electron chi connectivity index (χ2n) is 9.09. The van der Waals surface area contributed by atoms with Crippen molar-refractivity contribution in [2.45, 2.75) is 70.1 Å². The van der Waals surface area contributed by atoms with Crippen molar-refractivity contribution in [2.24, 2.45) is 17.4 Å². The van der Waals surface area contributed by atoms with Crippen molar-refractivity contribution >= 4 is 41.4 Å². The highest BCUT2D eigenvalue weighted by Gasteiger charge is 2.31. The van der Waals surface area contributed by atoms with Crippen molar-refractivity contribution in [3.63, 3.8) is 0 Å². The summed E-state index contributed by atoms with van der Waals surface area (Å²) >= 11 is 1.43. The van der Waals surface area contributed by atoms with E-state index >= 15 is 0 Å². The summed E-state index contributed by atoms with van der Waals surface area (Å²) in [6.07, 6.45) is 2.27. The molecule has 12 nitrogen and oxygen atoms in total. The number of rotatable bonds is 17. The van der Waals surface area contributed by atoms with Crippen LogP contribution in [0.15, 0.2) is 24.3 Å². The second kappa shape index (κ2) is 16.5. The van der Waals surface area contributed by atoms with Gasteiger partial charge in [-0.15, -0.1) is 0 Å². The fourth-order valence-electron chi connectivity index (χ4n) is 3.45. The average molecular weight is 554 g/mol. The molecule has 5 unspecified atom stereocenters. The molecule has 1 rings (SSSR count). The van der Waals surface area contributed by atoms with Crippen molar-refractivity contribution < 1.29 is 34.2 Å². The largest absolute Gasteiger partial charge is 0.508 e. The van der Waals surface area contributed by atoms with E-state index in [0.717, 1.165) is 0 Å². The molecule has 0 saturated carbocycles. The van der Waals surface area contributed by atoms with Gasteiger partial charge in [-0.2, -0.15) is 11.8 Å². The number of carbonyl (C=O) groups excluding carboxylic acids is 4. The zero-order valence-electron chi connectivity index (χ0n) is 21.9. The summed E-state index contributed by atoms with van der Waals surface area (Å²) < 4.78 is 0. The smallest absolute Gasteiger partial charge is 0.326 e. The summed E-state index contributed by atoms with van der Waals surface area (Å²) in [4.78, 5) is 61.8. The van der Waals surface area contributed by atoms with Crippen LogP contribution in [0, 0.1) is 5.92 Å². The Hall–Kier alpha value is -3.32. The van der Waals surface area contributed by atoms with Gasteiger partial charge in [-0.1, -0.05) is 32.4 Å². The van der Waals surface area contributed by atoms with Crippen molar-refractivity contribution in [1.82, 2.24) is 16.0 Å². The third-order valence-corrected chi connectivity index (χ3v) is 6.75. The predicted octanol–water partition coefficient (Wildman–Crippen LogP) is -0.134. The fourth-order valence-corrected chi connectivity index (χ4v) is 3.92. The molecule has 9 N–H and O–H groups in total. The minimum atomic E-state index is -1.37. The van der Waals surface area contributed by atoms with Gasteiger partial charge in [-0.25, -0.2) is 4.79 Å². The zero-order valence-corrected chi connectivity index (χ0v) is 22.8. The van der Waals surface area contributed by atoms with Gasteiger partial charge in [0.15, 0.2) is 0 Å². The number of nitrogens with two attached hydrogens (primary N) is 2. The van der Waals surface area contributed by atoms with E-state index in [0.29, 0.717) is 17.7 Å². The van der Waals surface area contributed by atoms with Gasteiger partial charge in [0.2, 0.25) is 23.6 Å². The minimum absolute atomic E-state index is 0.0377. The van der Waals surface area contributed by atoms with Gasteiger partial charge in [-0.05, 0) is 48.5 Å². The van der Waals surface area contributed by atoms with E-state index < -0.39 is 53.8 Å². The number of hydrogen-bond donors (Lipinski definition) is 7. The van der Waals surface area contributed by atoms with E-state index in [9.17, 15) is 34.2 Å². The Labute approximate surface area is 226 Å². The summed E-state index contributed by atoms with van der Waals surface area (Å²) in [5, 5.41) is 26.6. The van der Waals surface area contributed by atoms with Gasteiger partial charge in [0.05, 0.1) is 6.04 Å². The molecule has 0 heterocycles. The van der Waals surface area contributed by atoms with Crippen LogP contribution in [0.2, 0.25) is 0 Å². The van der Waals surface area contributed by atoms with E-state index in [4.69, 9.17) is 11.5 Å². The SMILES string of the molecule is CCC(C)C(N)C(=O)NC(Cc1ccc(O)cc1)C(=O)NC(CCSC)C(=O)NC(CCC(N)=O)C(=O)O. The third-order valence-electron chi connectivity index (χ3n) is 6.11. The van der Waals surface area contributed by atoms with Crippen LogP contribution in [0.4, 0.5) is 0 Å². The Bertz CT molecular complexity index is 960. The van der Waals surface area contributed by atoms with Crippen molar-refractivity contribution in [1.29, 1.82) is 0 Å². The number of amides is 4. The first-order valence-electron chi connectivity index (χ1n) is 12.3. The number of aliphatic carboxylic acids is 1. The van der Waals surface area contributed by atoms with E-state index in [1.807, 2.05) is 20.1 Å². The van der Waals surface area contributed by atoms with Crippen molar-refractivity contribution in [2.75, 3.05) is 12.0 Å². The molecule has 0 spiro atoms. The van der Waals surface area contributed by atoms with Gasteiger partial charge < -0.3 is 37.6 Å². The highest BCUT2D eigenvalue weighted by Crippen LogP contribution is 2.13. The molecular weight excluding hydrogens is 514 g/mol. The van der Waals surface area contributed by atoms with Crippen LogP contribution in [0.3, 0.4) is 0 Å². The summed E-state index contributed by atoms with van der Waals surface area (Å²) in [7, 11) is 0. The number of carbonyl (C=O) groups is 5. The third kappa shape index (κ3) is 11.4. The van der Waals surface area contributed by atoms with E-state index in [-0.39, 0.29) is 37.4 Å². The maximum absolute atomic E-state index is 13.3. The normalized spacial score (nSPS) is 14.8. The first-order chi connectivity index (χ1) is 17.9. The quantitative estimate of drug-likeness (QED) is 0.137. The van der Waals surface area contributed by atoms with Crippen LogP contribution in [-0.2, 0) is 30.4 Å². The minimum Gasteiger partial charge on any atom is -0.508 e. The van der Waals surface area contributed by atoms with Crippen molar-refractivity contribution in [3.8, 4) is 5.75 Å². The van der Waals surface area contributed by atoms with Gasteiger partial charge in [0.1, 0.15) is 23.9 Å². The number of phenolic OH excluding ortho intramolecular Hbond substituents is 1. The number of hydrogen-bond acceptors (Lipinski definition) is 8. The number of benzene rings is 1. The number of nitrogens with one attached hydrogen (secondary N) is 3. The second-order valence-corrected chi connectivity index (χ2v) is 10.1. The number of aromatic hydroxyl groups is 1. The van der Waals surface area contributed by atoms with Crippen LogP contribution >= 0.6 is 11.8 Å². The number of carboxylic acids is 1. The molecule has 0 bridgehead atoms. The molecule has 13 heteroatoms. The Morgan fingerprint density at radius 2 is 1.47 bits per heavy atom. The topological polar surface area (TPSA) is 214 Å². The van der Waals surface area contributed by atoms with E-state index in [2.05, 4.69) is 16.0 Å². The molecule has 0 aliphatic heterocycles. The summed E-state index contributed by atoms with van der Waals surface area (Å²) in [6, 6.07) is 1.67. The lowest BCUT2D eigenvalue weighted by atomic mass is 9.98. The van der Waals surface area contributed by atoms with Gasteiger partial charge >= 0.3 is 5.97 Å². The molecule has 1 aromatic rings. The first kappa shape index (κ1) is 32.7. The molecule has 0 aromatic heterocycles. The number of primary amides is 1.